The first kappa shape index (κ1) is 24.6. The highest BCUT2D eigenvalue weighted by Gasteiger charge is 2.54. The summed E-state index contributed by atoms with van der Waals surface area (Å²) in [6, 6.07) is 2.69. The molecule has 0 saturated carbocycles. The summed E-state index contributed by atoms with van der Waals surface area (Å²) in [6.07, 6.45) is 4.90. The van der Waals surface area contributed by atoms with Crippen LogP contribution in [0.25, 0.3) is 5.65 Å². The fraction of sp³-hybridized carbons (Fsp3) is 0.333. The van der Waals surface area contributed by atoms with Gasteiger partial charge in [-0.2, -0.15) is 9.36 Å². The molecule has 14 nitrogen and oxygen atoms in total. The highest BCUT2D eigenvalue weighted by Crippen LogP contribution is 2.40. The molecule has 16 heteroatoms. The molecule has 2 aliphatic heterocycles. The Balaban J connectivity index is 1.37. The lowest BCUT2D eigenvalue weighted by molar-refractivity contribution is -0.662. The molecule has 0 unspecified atom stereocenters. The number of carbonyl (C=O) groups is 3. The number of anilines is 1. The summed E-state index contributed by atoms with van der Waals surface area (Å²) in [7, 11) is 0. The number of aromatic nitrogens is 5. The molecule has 192 valence electrons. The number of carboxylic acids is 1. The molecule has 0 aliphatic carbocycles. The molecule has 1 saturated heterocycles. The van der Waals surface area contributed by atoms with Gasteiger partial charge in [0.25, 0.3) is 11.8 Å². The van der Waals surface area contributed by atoms with Gasteiger partial charge in [-0.05, 0) is 19.9 Å². The van der Waals surface area contributed by atoms with Gasteiger partial charge in [0.1, 0.15) is 36.0 Å². The molecule has 3 aromatic heterocycles. The Hall–Kier alpha value is -4.05. The molecule has 0 radical (unpaired) electrons. The summed E-state index contributed by atoms with van der Waals surface area (Å²) in [6.45, 7) is 3.73. The van der Waals surface area contributed by atoms with E-state index in [1.165, 1.54) is 16.7 Å². The highest BCUT2D eigenvalue weighted by atomic mass is 32.2. The van der Waals surface area contributed by atoms with Gasteiger partial charge in [0.2, 0.25) is 11.5 Å². The van der Waals surface area contributed by atoms with Crippen molar-refractivity contribution >= 4 is 57.6 Å². The summed E-state index contributed by atoms with van der Waals surface area (Å²) in [4.78, 5) is 48.8. The molecule has 1 fully saturated rings. The van der Waals surface area contributed by atoms with Crippen molar-refractivity contribution in [3.8, 4) is 0 Å². The van der Waals surface area contributed by atoms with Crippen LogP contribution in [0, 0.1) is 0 Å². The van der Waals surface area contributed by atoms with E-state index >= 15 is 0 Å². The van der Waals surface area contributed by atoms with Gasteiger partial charge in [-0.15, -0.1) is 16.3 Å². The van der Waals surface area contributed by atoms with Gasteiger partial charge in [-0.1, -0.05) is 10.3 Å². The van der Waals surface area contributed by atoms with Crippen molar-refractivity contribution in [1.29, 1.82) is 0 Å². The van der Waals surface area contributed by atoms with E-state index < -0.39 is 29.2 Å². The van der Waals surface area contributed by atoms with E-state index in [0.29, 0.717) is 11.3 Å². The Bertz CT molecular complexity index is 1460. The monoisotopic (exact) mass is 544 g/mol. The third-order valence-electron chi connectivity index (χ3n) is 5.56. The van der Waals surface area contributed by atoms with E-state index in [-0.39, 0.29) is 35.0 Å². The van der Waals surface area contributed by atoms with Crippen LogP contribution >= 0.6 is 23.3 Å². The van der Waals surface area contributed by atoms with Crippen LogP contribution in [-0.4, -0.2) is 75.7 Å². The number of nitrogens with zero attached hydrogens (tertiary/aromatic N) is 7. The summed E-state index contributed by atoms with van der Waals surface area (Å²) < 4.78 is 7.54. The van der Waals surface area contributed by atoms with Crippen molar-refractivity contribution < 1.29 is 28.9 Å². The lowest BCUT2D eigenvalue weighted by Gasteiger charge is -2.49. The van der Waals surface area contributed by atoms with Crippen molar-refractivity contribution in [1.82, 2.24) is 29.2 Å². The molecule has 2 amide bonds. The maximum atomic E-state index is 13.1. The normalized spacial score (nSPS) is 19.7. The number of carboxylic acid groups (broad SMARTS) is 1. The number of imidazole rings is 1. The van der Waals surface area contributed by atoms with Crippen LogP contribution in [0.4, 0.5) is 5.13 Å². The Morgan fingerprint density at radius 1 is 1.43 bits per heavy atom. The number of oxime groups is 1. The predicted octanol–water partition coefficient (Wildman–Crippen LogP) is -0.377. The molecule has 5 heterocycles. The van der Waals surface area contributed by atoms with Crippen LogP contribution in [0.2, 0.25) is 0 Å². The van der Waals surface area contributed by atoms with Crippen molar-refractivity contribution in [3.63, 3.8) is 0 Å². The fourth-order valence-electron chi connectivity index (χ4n) is 3.96. The number of hydrogen-bond acceptors (Lipinski definition) is 11. The predicted molar refractivity (Wildman–Crippen MR) is 132 cm³/mol. The van der Waals surface area contributed by atoms with Crippen LogP contribution in [0.5, 0.6) is 0 Å². The summed E-state index contributed by atoms with van der Waals surface area (Å²) in [5.41, 5.74) is 6.68. The molecule has 0 bridgehead atoms. The number of nitrogen functional groups attached to an aromatic ring is 1. The topological polar surface area (TPSA) is 181 Å². The van der Waals surface area contributed by atoms with Crippen LogP contribution in [-0.2, 0) is 25.8 Å². The summed E-state index contributed by atoms with van der Waals surface area (Å²) in [5.74, 6) is -2.15. The van der Waals surface area contributed by atoms with E-state index in [0.717, 1.165) is 17.2 Å². The van der Waals surface area contributed by atoms with Crippen LogP contribution in [0.1, 0.15) is 19.7 Å². The zero-order valence-corrected chi connectivity index (χ0v) is 21.3. The van der Waals surface area contributed by atoms with Crippen LogP contribution in [0.15, 0.2) is 47.1 Å². The number of nitrogens with one attached hydrogen (secondary N) is 1. The molecule has 4 N–H and O–H groups in total. The van der Waals surface area contributed by atoms with Gasteiger partial charge in [-0.3, -0.25) is 14.5 Å². The molecule has 3 aromatic rings. The number of amides is 2. The number of aliphatic carboxylic acids is 1. The zero-order chi connectivity index (χ0) is 26.3. The summed E-state index contributed by atoms with van der Waals surface area (Å²) >= 11 is 2.26. The van der Waals surface area contributed by atoms with Crippen LogP contribution in [0.3, 0.4) is 0 Å². The van der Waals surface area contributed by atoms with Crippen molar-refractivity contribution in [2.45, 2.75) is 37.9 Å². The lowest BCUT2D eigenvalue weighted by Crippen LogP contribution is -2.71. The minimum Gasteiger partial charge on any atom is -0.477 e. The molecule has 0 aromatic carbocycles. The minimum absolute atomic E-state index is 0.0275. The third-order valence-corrected chi connectivity index (χ3v) is 7.44. The highest BCUT2D eigenvalue weighted by molar-refractivity contribution is 8.00. The van der Waals surface area contributed by atoms with Gasteiger partial charge in [0.05, 0.1) is 6.20 Å². The van der Waals surface area contributed by atoms with E-state index in [1.807, 2.05) is 10.6 Å². The number of thioether (sulfide) groups is 1. The number of fused-ring (bicyclic) bond motifs is 2. The molecule has 37 heavy (non-hydrogen) atoms. The Kier molecular flexibility index (Phi) is 6.51. The molecule has 5 rings (SSSR count). The molecule has 0 spiro atoms. The number of hydrogen-bond donors (Lipinski definition) is 3. The SMILES string of the molecule is CC(C)O/N=C(\C(=O)N[C@@H]1C(=O)N2C(C(=O)O)=C(C[n+]3ccn4ncccc43)CS[C@H]12)c1nsc(N)n1. The van der Waals surface area contributed by atoms with E-state index in [4.69, 9.17) is 10.6 Å². The second-order valence-corrected chi connectivity index (χ2v) is 10.3. The van der Waals surface area contributed by atoms with Crippen molar-refractivity contribution in [2.24, 2.45) is 5.16 Å². The Labute approximate surface area is 218 Å². The largest absolute Gasteiger partial charge is 0.477 e. The fourth-order valence-corrected chi connectivity index (χ4v) is 5.73. The third kappa shape index (κ3) is 4.60. The number of nitrogens with two attached hydrogens (primary N) is 1. The standard InChI is InChI=1S/C21H21N9O5S2/c1-10(2)35-26-13(16-25-21(22)37-27-16)17(31)24-14-18(32)30-15(20(33)34)11(9-36-19(14)30)8-28-6-7-29-12(28)4-3-5-23-29/h3-7,10,14,19H,8-9H2,1-2H3,(H3-,22,24,25,27,31,33,34)/p+1/b26-13-/t14-,19-/m1/s1. The zero-order valence-electron chi connectivity index (χ0n) is 19.6. The van der Waals surface area contributed by atoms with Crippen LogP contribution < -0.4 is 15.6 Å². The first-order chi connectivity index (χ1) is 17.7. The number of rotatable bonds is 8. The molecular weight excluding hydrogens is 522 g/mol. The maximum absolute atomic E-state index is 13.1. The minimum atomic E-state index is -1.21. The van der Waals surface area contributed by atoms with E-state index in [2.05, 4.69) is 24.9 Å². The first-order valence-electron chi connectivity index (χ1n) is 11.1. The average molecular weight is 545 g/mol. The Morgan fingerprint density at radius 3 is 2.95 bits per heavy atom. The lowest BCUT2D eigenvalue weighted by atomic mass is 10.0. The quantitative estimate of drug-likeness (QED) is 0.146. The smallest absolute Gasteiger partial charge is 0.352 e. The maximum Gasteiger partial charge on any atom is 0.352 e. The molecular formula is C21H22N9O5S2+. The Morgan fingerprint density at radius 2 is 2.24 bits per heavy atom. The second-order valence-electron chi connectivity index (χ2n) is 8.42. The second kappa shape index (κ2) is 9.78. The van der Waals surface area contributed by atoms with Gasteiger partial charge in [-0.25, -0.2) is 9.36 Å². The van der Waals surface area contributed by atoms with Gasteiger partial charge < -0.3 is 21.0 Å². The van der Waals surface area contributed by atoms with Crippen molar-refractivity contribution in [2.75, 3.05) is 11.5 Å². The average Bonchev–Trinajstić information content (AvgIpc) is 3.48. The van der Waals surface area contributed by atoms with Gasteiger partial charge in [0.15, 0.2) is 11.3 Å². The van der Waals surface area contributed by atoms with E-state index in [9.17, 15) is 19.5 Å². The van der Waals surface area contributed by atoms with E-state index in [1.54, 1.807) is 43.0 Å². The van der Waals surface area contributed by atoms with Gasteiger partial charge >= 0.3 is 11.6 Å². The molecule has 2 atom stereocenters. The number of carbonyl (C=O) groups excluding carboxylic acids is 2. The number of β-lactam (4-membered cyclic amide) rings is 1. The summed E-state index contributed by atoms with van der Waals surface area (Å²) in [5, 5.41) is 20.2. The van der Waals surface area contributed by atoms with Gasteiger partial charge in [0, 0.05) is 28.9 Å². The van der Waals surface area contributed by atoms with Crippen molar-refractivity contribution in [3.05, 3.63) is 47.8 Å². The first-order valence-corrected chi connectivity index (χ1v) is 12.9. The molecule has 2 aliphatic rings.